The Kier molecular flexibility index (Phi) is 7.06. The molecule has 1 saturated carbocycles. The summed E-state index contributed by atoms with van der Waals surface area (Å²) in [7, 11) is 1.24. The van der Waals surface area contributed by atoms with E-state index in [1.807, 2.05) is 6.08 Å². The third-order valence-electron chi connectivity index (χ3n) is 6.11. The van der Waals surface area contributed by atoms with Crippen molar-refractivity contribution in [1.29, 1.82) is 0 Å². The van der Waals surface area contributed by atoms with Gasteiger partial charge >= 0.3 is 5.97 Å². The zero-order valence-electron chi connectivity index (χ0n) is 19.7. The van der Waals surface area contributed by atoms with E-state index >= 15 is 0 Å². The topological polar surface area (TPSA) is 178 Å². The molecule has 6 N–H and O–H groups in total. The van der Waals surface area contributed by atoms with Gasteiger partial charge < -0.3 is 25.7 Å². The summed E-state index contributed by atoms with van der Waals surface area (Å²) in [5.74, 6) is -1.51. The van der Waals surface area contributed by atoms with Crippen molar-refractivity contribution >= 4 is 34.7 Å². The van der Waals surface area contributed by atoms with Gasteiger partial charge in [-0.2, -0.15) is 0 Å². The lowest BCUT2D eigenvalue weighted by Gasteiger charge is -2.33. The molecule has 1 unspecified atom stereocenters. The first-order chi connectivity index (χ1) is 17.3. The van der Waals surface area contributed by atoms with Crippen LogP contribution in [0.3, 0.4) is 0 Å². The lowest BCUT2D eigenvalue weighted by atomic mass is 9.88. The Morgan fingerprint density at radius 1 is 1.22 bits per heavy atom. The second-order valence-electron chi connectivity index (χ2n) is 8.80. The monoisotopic (exact) mass is 496 g/mol. The standard InChI is InChI=1S/C24H28N6O6/c1-36-21(33)13-26-22(34)14-4-7-18-17(11-14)27-23(30(18)16-5-6-16)24(10-2-3-15(25)12-24)28-19(31)8-9-20(32)29-35/h2-4,7,11-12,16,35H,5-6,8-10,13,25H2,1H3,(H,26,34)(H,28,31)(H,29,32). The number of rotatable bonds is 9. The molecule has 190 valence electrons. The van der Waals surface area contributed by atoms with Gasteiger partial charge in [-0.25, -0.2) is 10.5 Å². The summed E-state index contributed by atoms with van der Waals surface area (Å²) < 4.78 is 6.62. The van der Waals surface area contributed by atoms with E-state index in [-0.39, 0.29) is 25.4 Å². The lowest BCUT2D eigenvalue weighted by molar-refractivity contribution is -0.139. The van der Waals surface area contributed by atoms with Crippen molar-refractivity contribution < 1.29 is 29.1 Å². The number of allylic oxidation sites excluding steroid dienone is 1. The highest BCUT2D eigenvalue weighted by Crippen LogP contribution is 2.43. The molecule has 12 heteroatoms. The molecule has 1 fully saturated rings. The molecule has 0 saturated heterocycles. The Bertz CT molecular complexity index is 1280. The van der Waals surface area contributed by atoms with Gasteiger partial charge in [0.05, 0.1) is 18.1 Å². The number of aromatic nitrogens is 2. The van der Waals surface area contributed by atoms with Gasteiger partial charge in [0.15, 0.2) is 0 Å². The predicted octanol–water partition coefficient (Wildman–Crippen LogP) is 0.674. The van der Waals surface area contributed by atoms with Crippen molar-refractivity contribution in [2.24, 2.45) is 5.73 Å². The molecule has 0 bridgehead atoms. The number of hydroxylamine groups is 1. The predicted molar refractivity (Wildman–Crippen MR) is 127 cm³/mol. The molecule has 2 aliphatic carbocycles. The van der Waals surface area contributed by atoms with Gasteiger partial charge in [-0.3, -0.25) is 24.4 Å². The fraction of sp³-hybridized carbons (Fsp3) is 0.375. The zero-order chi connectivity index (χ0) is 25.9. The van der Waals surface area contributed by atoms with Crippen LogP contribution in [0.2, 0.25) is 0 Å². The molecule has 1 aromatic heterocycles. The molecule has 4 rings (SSSR count). The van der Waals surface area contributed by atoms with E-state index in [9.17, 15) is 19.2 Å². The van der Waals surface area contributed by atoms with E-state index in [1.54, 1.807) is 30.4 Å². The van der Waals surface area contributed by atoms with Crippen LogP contribution in [-0.4, -0.2) is 52.1 Å². The molecule has 0 spiro atoms. The van der Waals surface area contributed by atoms with Crippen LogP contribution in [-0.2, 0) is 24.7 Å². The molecule has 1 aromatic carbocycles. The third kappa shape index (κ3) is 5.23. The highest BCUT2D eigenvalue weighted by atomic mass is 16.5. The van der Waals surface area contributed by atoms with Gasteiger partial charge in [0.2, 0.25) is 11.8 Å². The second kappa shape index (κ2) is 10.2. The van der Waals surface area contributed by atoms with Gasteiger partial charge in [-0.15, -0.1) is 0 Å². The molecule has 0 aliphatic heterocycles. The maximum atomic E-state index is 12.8. The lowest BCUT2D eigenvalue weighted by Crippen LogP contribution is -2.47. The van der Waals surface area contributed by atoms with E-state index < -0.39 is 29.2 Å². The van der Waals surface area contributed by atoms with E-state index in [2.05, 4.69) is 19.9 Å². The van der Waals surface area contributed by atoms with Crippen molar-refractivity contribution in [1.82, 2.24) is 25.7 Å². The summed E-state index contributed by atoms with van der Waals surface area (Å²) in [6.07, 6.45) is 7.27. The quantitative estimate of drug-likeness (QED) is 0.191. The van der Waals surface area contributed by atoms with E-state index in [1.165, 1.54) is 12.6 Å². The fourth-order valence-electron chi connectivity index (χ4n) is 4.25. The number of hydrogen-bond acceptors (Lipinski definition) is 8. The molecule has 1 atom stereocenters. The molecule has 3 amide bonds. The van der Waals surface area contributed by atoms with Crippen LogP contribution in [0.1, 0.15) is 54.3 Å². The number of fused-ring (bicyclic) bond motifs is 1. The largest absolute Gasteiger partial charge is 0.468 e. The minimum Gasteiger partial charge on any atom is -0.468 e. The molecule has 12 nitrogen and oxygen atoms in total. The third-order valence-corrected chi connectivity index (χ3v) is 6.11. The summed E-state index contributed by atoms with van der Waals surface area (Å²) in [6, 6.07) is 5.27. The number of imidazole rings is 1. The maximum Gasteiger partial charge on any atom is 0.325 e. The van der Waals surface area contributed by atoms with Crippen molar-refractivity contribution in [3.63, 3.8) is 0 Å². The summed E-state index contributed by atoms with van der Waals surface area (Å²) >= 11 is 0. The molecule has 2 aromatic rings. The highest BCUT2D eigenvalue weighted by molar-refractivity contribution is 5.98. The number of esters is 1. The van der Waals surface area contributed by atoms with Gasteiger partial charge in [0.1, 0.15) is 17.9 Å². The number of hydrogen-bond donors (Lipinski definition) is 5. The number of carbonyl (C=O) groups is 4. The van der Waals surface area contributed by atoms with Gasteiger partial charge in [-0.1, -0.05) is 6.08 Å². The van der Waals surface area contributed by atoms with E-state index in [4.69, 9.17) is 15.9 Å². The van der Waals surface area contributed by atoms with Crippen LogP contribution in [0.25, 0.3) is 11.0 Å². The number of nitrogens with one attached hydrogen (secondary N) is 3. The van der Waals surface area contributed by atoms with Crippen LogP contribution in [0, 0.1) is 0 Å². The Hall–Kier alpha value is -4.19. The van der Waals surface area contributed by atoms with Crippen molar-refractivity contribution in [3.05, 3.63) is 53.5 Å². The average molecular weight is 497 g/mol. The second-order valence-corrected chi connectivity index (χ2v) is 8.80. The van der Waals surface area contributed by atoms with Gasteiger partial charge in [0, 0.05) is 30.1 Å². The zero-order valence-corrected chi connectivity index (χ0v) is 19.7. The Morgan fingerprint density at radius 2 is 1.97 bits per heavy atom. The van der Waals surface area contributed by atoms with Gasteiger partial charge in [0.25, 0.3) is 5.91 Å². The minimum atomic E-state index is -1.07. The minimum absolute atomic E-state index is 0.139. The highest BCUT2D eigenvalue weighted by Gasteiger charge is 2.41. The number of carbonyl (C=O) groups excluding carboxylic acids is 4. The van der Waals surface area contributed by atoms with Crippen molar-refractivity contribution in [2.45, 2.75) is 43.7 Å². The molecular weight excluding hydrogens is 468 g/mol. The molecule has 1 heterocycles. The van der Waals surface area contributed by atoms with Crippen LogP contribution in [0.15, 0.2) is 42.1 Å². The Balaban J connectivity index is 1.71. The Morgan fingerprint density at radius 3 is 2.64 bits per heavy atom. The fourth-order valence-corrected chi connectivity index (χ4v) is 4.25. The Labute approximate surface area is 206 Å². The summed E-state index contributed by atoms with van der Waals surface area (Å²) in [6.45, 7) is -0.255. The number of nitrogens with zero attached hydrogens (tertiary/aromatic N) is 2. The van der Waals surface area contributed by atoms with Crippen LogP contribution in [0.5, 0.6) is 0 Å². The molecule has 0 radical (unpaired) electrons. The average Bonchev–Trinajstić information content (AvgIpc) is 3.64. The maximum absolute atomic E-state index is 12.8. The molecule has 36 heavy (non-hydrogen) atoms. The first-order valence-corrected chi connectivity index (χ1v) is 11.5. The van der Waals surface area contributed by atoms with Crippen molar-refractivity contribution in [2.75, 3.05) is 13.7 Å². The SMILES string of the molecule is COC(=O)CNC(=O)c1ccc2c(c1)nc(C1(NC(=O)CCC(=O)NO)C=C(N)C=CC1)n2C1CC1. The number of benzene rings is 1. The first-order valence-electron chi connectivity index (χ1n) is 11.5. The van der Waals surface area contributed by atoms with Crippen LogP contribution in [0.4, 0.5) is 0 Å². The number of ether oxygens (including phenoxy) is 1. The number of nitrogens with two attached hydrogens (primary N) is 1. The summed E-state index contributed by atoms with van der Waals surface area (Å²) in [5.41, 5.74) is 8.71. The first kappa shape index (κ1) is 24.9. The van der Waals surface area contributed by atoms with E-state index in [0.29, 0.717) is 29.0 Å². The summed E-state index contributed by atoms with van der Waals surface area (Å²) in [5, 5.41) is 14.2. The molecule has 2 aliphatic rings. The van der Waals surface area contributed by atoms with E-state index in [0.717, 1.165) is 18.4 Å². The van der Waals surface area contributed by atoms with Crippen LogP contribution >= 0.6 is 0 Å². The smallest absolute Gasteiger partial charge is 0.325 e. The normalized spacial score (nSPS) is 18.9. The van der Waals surface area contributed by atoms with Crippen molar-refractivity contribution in [3.8, 4) is 0 Å². The number of methoxy groups -OCH3 is 1. The number of amides is 3. The molecular formula is C24H28N6O6. The van der Waals surface area contributed by atoms with Gasteiger partial charge in [-0.05, 0) is 49.6 Å². The van der Waals surface area contributed by atoms with Crippen LogP contribution < -0.4 is 21.8 Å². The summed E-state index contributed by atoms with van der Waals surface area (Å²) in [4.78, 5) is 53.0.